The van der Waals surface area contributed by atoms with Gasteiger partial charge in [-0.2, -0.15) is 0 Å². The maximum Gasteiger partial charge on any atom is 0.244 e. The van der Waals surface area contributed by atoms with Gasteiger partial charge in [0.1, 0.15) is 5.82 Å². The number of amides is 1. The molecule has 4 heteroatoms. The van der Waals surface area contributed by atoms with Crippen LogP contribution in [-0.4, -0.2) is 17.0 Å². The lowest BCUT2D eigenvalue weighted by molar-refractivity contribution is -0.116. The van der Waals surface area contributed by atoms with Crippen LogP contribution in [0.4, 0.5) is 4.39 Å². The van der Waals surface area contributed by atoms with E-state index in [4.69, 9.17) is 0 Å². The molecule has 1 N–H and O–H groups in total. The van der Waals surface area contributed by atoms with Crippen LogP contribution < -0.4 is 5.32 Å². The van der Waals surface area contributed by atoms with Crippen molar-refractivity contribution in [2.75, 3.05) is 6.54 Å². The molecule has 0 spiro atoms. The fraction of sp³-hybridized carbons (Fsp3) is 0.150. The number of hydrogen-bond donors (Lipinski definition) is 1. The molecule has 0 bridgehead atoms. The van der Waals surface area contributed by atoms with Crippen molar-refractivity contribution in [3.63, 3.8) is 0 Å². The summed E-state index contributed by atoms with van der Waals surface area (Å²) in [6, 6.07) is 16.4. The van der Waals surface area contributed by atoms with Gasteiger partial charge in [0, 0.05) is 30.9 Å². The van der Waals surface area contributed by atoms with Crippen LogP contribution in [0.2, 0.25) is 0 Å². The fourth-order valence-electron chi connectivity index (χ4n) is 2.60. The molecule has 1 aromatic heterocycles. The largest absolute Gasteiger partial charge is 0.352 e. The molecule has 0 unspecified atom stereocenters. The van der Waals surface area contributed by atoms with Crippen LogP contribution in [0.3, 0.4) is 0 Å². The zero-order valence-corrected chi connectivity index (χ0v) is 13.3. The van der Waals surface area contributed by atoms with Gasteiger partial charge in [-0.15, -0.1) is 0 Å². The zero-order valence-electron chi connectivity index (χ0n) is 13.3. The topological polar surface area (TPSA) is 34.0 Å². The Kier molecular flexibility index (Phi) is 5.06. The smallest absolute Gasteiger partial charge is 0.244 e. The molecule has 0 aliphatic carbocycles. The first-order valence-corrected chi connectivity index (χ1v) is 7.98. The number of fused-ring (bicyclic) bond motifs is 1. The third kappa shape index (κ3) is 4.10. The van der Waals surface area contributed by atoms with Gasteiger partial charge < -0.3 is 9.88 Å². The number of nitrogens with one attached hydrogen (secondary N) is 1. The molecular formula is C20H19FN2O. The molecule has 3 rings (SSSR count). The monoisotopic (exact) mass is 322 g/mol. The van der Waals surface area contributed by atoms with Crippen LogP contribution >= 0.6 is 0 Å². The Morgan fingerprint density at radius 1 is 1.08 bits per heavy atom. The molecule has 0 fully saturated rings. The molecule has 0 aliphatic heterocycles. The summed E-state index contributed by atoms with van der Waals surface area (Å²) in [7, 11) is 0. The Balaban J connectivity index is 1.44. The molecule has 0 saturated carbocycles. The van der Waals surface area contributed by atoms with Crippen molar-refractivity contribution in [2.45, 2.75) is 13.0 Å². The van der Waals surface area contributed by atoms with Crippen molar-refractivity contribution in [1.29, 1.82) is 0 Å². The number of benzene rings is 2. The standard InChI is InChI=1S/C20H19FN2O/c21-18-9-6-16(7-10-18)8-11-20(24)22-13-3-14-23-15-12-17-4-1-2-5-19(17)23/h1-2,4-12,15H,3,13-14H2,(H,22,24)/b11-8+. The van der Waals surface area contributed by atoms with Crippen molar-refractivity contribution < 1.29 is 9.18 Å². The summed E-state index contributed by atoms with van der Waals surface area (Å²) in [5, 5.41) is 4.09. The molecule has 3 aromatic rings. The van der Waals surface area contributed by atoms with Gasteiger partial charge in [-0.1, -0.05) is 30.3 Å². The minimum absolute atomic E-state index is 0.142. The van der Waals surface area contributed by atoms with E-state index in [1.165, 1.54) is 29.1 Å². The van der Waals surface area contributed by atoms with Crippen LogP contribution in [0.25, 0.3) is 17.0 Å². The van der Waals surface area contributed by atoms with Crippen LogP contribution in [-0.2, 0) is 11.3 Å². The van der Waals surface area contributed by atoms with Gasteiger partial charge >= 0.3 is 0 Å². The van der Waals surface area contributed by atoms with Crippen molar-refractivity contribution in [1.82, 2.24) is 9.88 Å². The SMILES string of the molecule is O=C(/C=C/c1ccc(F)cc1)NCCCn1ccc2ccccc21. The molecule has 0 aliphatic rings. The highest BCUT2D eigenvalue weighted by Crippen LogP contribution is 2.15. The van der Waals surface area contributed by atoms with E-state index >= 15 is 0 Å². The predicted molar refractivity (Wildman–Crippen MR) is 95.0 cm³/mol. The maximum absolute atomic E-state index is 12.8. The number of nitrogens with zero attached hydrogens (tertiary/aromatic N) is 1. The summed E-state index contributed by atoms with van der Waals surface area (Å²) in [5.74, 6) is -0.425. The second-order valence-corrected chi connectivity index (χ2v) is 5.60. The highest BCUT2D eigenvalue weighted by molar-refractivity contribution is 5.91. The van der Waals surface area contributed by atoms with E-state index in [0.29, 0.717) is 6.54 Å². The predicted octanol–water partition coefficient (Wildman–Crippen LogP) is 4.00. The maximum atomic E-state index is 12.8. The molecule has 2 aromatic carbocycles. The third-order valence-electron chi connectivity index (χ3n) is 3.85. The van der Waals surface area contributed by atoms with Gasteiger partial charge in [0.15, 0.2) is 0 Å². The normalized spacial score (nSPS) is 11.2. The Morgan fingerprint density at radius 3 is 2.71 bits per heavy atom. The van der Waals surface area contributed by atoms with Crippen LogP contribution in [0.1, 0.15) is 12.0 Å². The summed E-state index contributed by atoms with van der Waals surface area (Å²) in [4.78, 5) is 11.8. The Bertz CT molecular complexity index is 849. The van der Waals surface area contributed by atoms with Gasteiger partial charge in [-0.05, 0) is 47.7 Å². The molecule has 0 saturated heterocycles. The fourth-order valence-corrected chi connectivity index (χ4v) is 2.60. The molecular weight excluding hydrogens is 303 g/mol. The lowest BCUT2D eigenvalue weighted by atomic mass is 10.2. The molecule has 24 heavy (non-hydrogen) atoms. The minimum atomic E-state index is -0.283. The van der Waals surface area contributed by atoms with Crippen molar-refractivity contribution in [3.8, 4) is 0 Å². The number of aryl methyl sites for hydroxylation is 1. The second kappa shape index (κ2) is 7.59. The summed E-state index contributed by atoms with van der Waals surface area (Å²) in [5.41, 5.74) is 2.00. The van der Waals surface area contributed by atoms with Crippen LogP contribution in [0.15, 0.2) is 66.9 Å². The number of para-hydroxylation sites is 1. The number of halogens is 1. The van der Waals surface area contributed by atoms with E-state index in [9.17, 15) is 9.18 Å². The zero-order chi connectivity index (χ0) is 16.8. The first-order chi connectivity index (χ1) is 11.7. The lowest BCUT2D eigenvalue weighted by Crippen LogP contribution is -2.23. The second-order valence-electron chi connectivity index (χ2n) is 5.60. The Labute approximate surface area is 140 Å². The van der Waals surface area contributed by atoms with Gasteiger partial charge in [0.25, 0.3) is 0 Å². The van der Waals surface area contributed by atoms with Gasteiger partial charge in [0.05, 0.1) is 0 Å². The first-order valence-electron chi connectivity index (χ1n) is 7.98. The van der Waals surface area contributed by atoms with Crippen LogP contribution in [0.5, 0.6) is 0 Å². The summed E-state index contributed by atoms with van der Waals surface area (Å²) in [6.07, 6.45) is 6.07. The number of carbonyl (C=O) groups excluding carboxylic acids is 1. The highest BCUT2D eigenvalue weighted by Gasteiger charge is 2.00. The Morgan fingerprint density at radius 2 is 1.88 bits per heavy atom. The number of carbonyl (C=O) groups is 1. The average Bonchev–Trinajstić information content (AvgIpc) is 3.01. The number of hydrogen-bond acceptors (Lipinski definition) is 1. The molecule has 122 valence electrons. The van der Waals surface area contributed by atoms with E-state index in [0.717, 1.165) is 18.5 Å². The van der Waals surface area contributed by atoms with E-state index in [1.54, 1.807) is 18.2 Å². The lowest BCUT2D eigenvalue weighted by Gasteiger charge is -2.06. The average molecular weight is 322 g/mol. The Hall–Kier alpha value is -2.88. The van der Waals surface area contributed by atoms with E-state index < -0.39 is 0 Å². The summed E-state index contributed by atoms with van der Waals surface area (Å²) < 4.78 is 15.0. The first kappa shape index (κ1) is 16.0. The molecule has 1 amide bonds. The van der Waals surface area contributed by atoms with E-state index in [1.807, 2.05) is 12.1 Å². The van der Waals surface area contributed by atoms with E-state index in [2.05, 4.69) is 34.3 Å². The minimum Gasteiger partial charge on any atom is -0.352 e. The van der Waals surface area contributed by atoms with E-state index in [-0.39, 0.29) is 11.7 Å². The molecule has 0 atom stereocenters. The molecule has 1 heterocycles. The quantitative estimate of drug-likeness (QED) is 0.540. The van der Waals surface area contributed by atoms with Gasteiger partial charge in [0.2, 0.25) is 5.91 Å². The third-order valence-corrected chi connectivity index (χ3v) is 3.85. The van der Waals surface area contributed by atoms with Gasteiger partial charge in [-0.3, -0.25) is 4.79 Å². The molecule has 3 nitrogen and oxygen atoms in total. The van der Waals surface area contributed by atoms with Crippen molar-refractivity contribution >= 4 is 22.9 Å². The van der Waals surface area contributed by atoms with Crippen molar-refractivity contribution in [2.24, 2.45) is 0 Å². The number of rotatable bonds is 6. The summed E-state index contributed by atoms with van der Waals surface area (Å²) in [6.45, 7) is 1.47. The van der Waals surface area contributed by atoms with Crippen LogP contribution in [0, 0.1) is 5.82 Å². The summed E-state index contributed by atoms with van der Waals surface area (Å²) >= 11 is 0. The molecule has 0 radical (unpaired) electrons. The highest BCUT2D eigenvalue weighted by atomic mass is 19.1. The van der Waals surface area contributed by atoms with Crippen molar-refractivity contribution in [3.05, 3.63) is 78.3 Å². The number of aromatic nitrogens is 1. The van der Waals surface area contributed by atoms with Gasteiger partial charge in [-0.25, -0.2) is 4.39 Å².